The number of ether oxygens (including phenoxy) is 2. The van der Waals surface area contributed by atoms with Crippen molar-refractivity contribution in [2.24, 2.45) is 0 Å². The van der Waals surface area contributed by atoms with Gasteiger partial charge in [0.15, 0.2) is 11.5 Å². The summed E-state index contributed by atoms with van der Waals surface area (Å²) in [4.78, 5) is 12.0. The topological polar surface area (TPSA) is 79.8 Å². The number of halogens is 1. The van der Waals surface area contributed by atoms with E-state index in [0.717, 1.165) is 23.2 Å². The van der Waals surface area contributed by atoms with Crippen molar-refractivity contribution in [1.29, 1.82) is 0 Å². The van der Waals surface area contributed by atoms with Crippen molar-refractivity contribution in [2.45, 2.75) is 25.8 Å². The molecule has 1 heterocycles. The highest BCUT2D eigenvalue weighted by molar-refractivity contribution is 5.95. The van der Waals surface area contributed by atoms with Gasteiger partial charge in [-0.25, -0.2) is 0 Å². The molecule has 0 saturated heterocycles. The lowest BCUT2D eigenvalue weighted by molar-refractivity contribution is -0.116. The van der Waals surface area contributed by atoms with Gasteiger partial charge in [-0.3, -0.25) is 4.79 Å². The monoisotopic (exact) mass is 356 g/mol. The minimum Gasteiger partial charge on any atom is -0.493 e. The molecule has 0 unspecified atom stereocenters. The van der Waals surface area contributed by atoms with Crippen molar-refractivity contribution in [3.63, 3.8) is 0 Å². The van der Waals surface area contributed by atoms with Gasteiger partial charge in [-0.15, -0.1) is 12.4 Å². The van der Waals surface area contributed by atoms with E-state index in [1.807, 2.05) is 12.1 Å². The first-order valence-electron chi connectivity index (χ1n) is 7.54. The summed E-state index contributed by atoms with van der Waals surface area (Å²) < 4.78 is 10.7. The lowest BCUT2D eigenvalue weighted by atomic mass is 9.85. The molecule has 0 atom stereocenters. The van der Waals surface area contributed by atoms with Gasteiger partial charge in [0.1, 0.15) is 0 Å². The van der Waals surface area contributed by atoms with Crippen LogP contribution >= 0.6 is 12.4 Å². The summed E-state index contributed by atoms with van der Waals surface area (Å²) in [6.07, 6.45) is 2.32. The molecule has 7 heteroatoms. The summed E-state index contributed by atoms with van der Waals surface area (Å²) in [6.45, 7) is 4.29. The van der Waals surface area contributed by atoms with Crippen LogP contribution in [0, 0.1) is 0 Å². The average molecular weight is 357 g/mol. The van der Waals surface area contributed by atoms with Gasteiger partial charge in [0, 0.05) is 29.4 Å². The molecule has 0 fully saturated rings. The quantitative estimate of drug-likeness (QED) is 0.697. The van der Waals surface area contributed by atoms with Crippen molar-refractivity contribution >= 4 is 24.0 Å². The number of rotatable bonds is 5. The number of hydrogen-bond donors (Lipinski definition) is 3. The molecule has 24 heavy (non-hydrogen) atoms. The molecule has 0 aliphatic carbocycles. The van der Waals surface area contributed by atoms with Crippen molar-refractivity contribution in [1.82, 2.24) is 10.6 Å². The third-order valence-electron chi connectivity index (χ3n) is 3.69. The Morgan fingerprint density at radius 1 is 1.33 bits per heavy atom. The average Bonchev–Trinajstić information content (AvgIpc) is 2.50. The number of aliphatic hydroxyl groups excluding tert-OH is 1. The second-order valence-corrected chi connectivity index (χ2v) is 6.12. The highest BCUT2D eigenvalue weighted by Gasteiger charge is 2.29. The van der Waals surface area contributed by atoms with Crippen LogP contribution in [-0.4, -0.2) is 43.9 Å². The Kier molecular flexibility index (Phi) is 6.93. The van der Waals surface area contributed by atoms with Crippen LogP contribution in [0.1, 0.15) is 25.0 Å². The summed E-state index contributed by atoms with van der Waals surface area (Å²) in [5, 5.41) is 14.8. The Labute approximate surface area is 148 Å². The van der Waals surface area contributed by atoms with Gasteiger partial charge in [0.2, 0.25) is 5.91 Å². The standard InChI is InChI=1S/C17H24N2O4.ClH/c1-17(2)10-11-7-14(22-3)15(23-4)8-12(11)13(19-17)9-16(21)18-5-6-20;/h7-9,19-20H,5-6,10H2,1-4H3,(H,18,21);1H/b13-9-;. The van der Waals surface area contributed by atoms with Gasteiger partial charge >= 0.3 is 0 Å². The fourth-order valence-electron chi connectivity index (χ4n) is 2.75. The van der Waals surface area contributed by atoms with Crippen LogP contribution in [0.25, 0.3) is 5.70 Å². The Morgan fingerprint density at radius 3 is 2.54 bits per heavy atom. The molecule has 1 aliphatic heterocycles. The summed E-state index contributed by atoms with van der Waals surface area (Å²) in [5.74, 6) is 1.04. The molecule has 1 amide bonds. The molecule has 1 aromatic carbocycles. The number of methoxy groups -OCH3 is 2. The van der Waals surface area contributed by atoms with E-state index in [0.29, 0.717) is 11.5 Å². The van der Waals surface area contributed by atoms with Crippen LogP contribution in [0.4, 0.5) is 0 Å². The molecule has 0 spiro atoms. The normalized spacial score (nSPS) is 16.5. The van der Waals surface area contributed by atoms with Crippen LogP contribution in [-0.2, 0) is 11.2 Å². The third kappa shape index (κ3) is 4.55. The number of carbonyl (C=O) groups is 1. The van der Waals surface area contributed by atoms with E-state index in [4.69, 9.17) is 14.6 Å². The highest BCUT2D eigenvalue weighted by Crippen LogP contribution is 2.37. The predicted molar refractivity (Wildman–Crippen MR) is 95.8 cm³/mol. The van der Waals surface area contributed by atoms with Crippen LogP contribution in [0.15, 0.2) is 18.2 Å². The number of carbonyl (C=O) groups excluding carboxylic acids is 1. The molecule has 0 bridgehead atoms. The molecule has 1 aromatic rings. The van der Waals surface area contributed by atoms with Crippen LogP contribution in [0.5, 0.6) is 11.5 Å². The van der Waals surface area contributed by atoms with Crippen molar-refractivity contribution in [2.75, 3.05) is 27.4 Å². The number of amides is 1. The molecule has 2 rings (SSSR count). The zero-order valence-corrected chi connectivity index (χ0v) is 15.3. The largest absolute Gasteiger partial charge is 0.493 e. The van der Waals surface area contributed by atoms with Gasteiger partial charge in [-0.1, -0.05) is 0 Å². The predicted octanol–water partition coefficient (Wildman–Crippen LogP) is 1.50. The Morgan fingerprint density at radius 2 is 1.96 bits per heavy atom. The Bertz CT molecular complexity index is 629. The lowest BCUT2D eigenvalue weighted by Gasteiger charge is -2.36. The van der Waals surface area contributed by atoms with E-state index in [1.54, 1.807) is 14.2 Å². The maximum Gasteiger partial charge on any atom is 0.246 e. The van der Waals surface area contributed by atoms with Crippen molar-refractivity contribution in [3.05, 3.63) is 29.3 Å². The lowest BCUT2D eigenvalue weighted by Crippen LogP contribution is -2.44. The van der Waals surface area contributed by atoms with E-state index in [9.17, 15) is 4.79 Å². The Hall–Kier alpha value is -1.92. The van der Waals surface area contributed by atoms with Gasteiger partial charge < -0.3 is 25.2 Å². The fraction of sp³-hybridized carbons (Fsp3) is 0.471. The highest BCUT2D eigenvalue weighted by atomic mass is 35.5. The number of aliphatic hydroxyl groups is 1. The van der Waals surface area contributed by atoms with Crippen LogP contribution in [0.2, 0.25) is 0 Å². The van der Waals surface area contributed by atoms with Gasteiger partial charge in [-0.2, -0.15) is 0 Å². The van der Waals surface area contributed by atoms with Gasteiger partial charge in [0.25, 0.3) is 0 Å². The second-order valence-electron chi connectivity index (χ2n) is 6.12. The van der Waals surface area contributed by atoms with Crippen LogP contribution in [0.3, 0.4) is 0 Å². The van der Waals surface area contributed by atoms with E-state index in [1.165, 1.54) is 6.08 Å². The SMILES string of the molecule is COc1cc2c(cc1OC)/C(=C/C(=O)NCCO)NC(C)(C)C2.Cl. The molecule has 0 aromatic heterocycles. The molecule has 0 radical (unpaired) electrons. The number of benzene rings is 1. The first kappa shape index (κ1) is 20.1. The zero-order chi connectivity index (χ0) is 17.0. The summed E-state index contributed by atoms with van der Waals surface area (Å²) in [5.41, 5.74) is 2.55. The molecular weight excluding hydrogens is 332 g/mol. The van der Waals surface area contributed by atoms with Crippen molar-refractivity contribution < 1.29 is 19.4 Å². The Balaban J connectivity index is 0.00000288. The minimum atomic E-state index is -0.250. The van der Waals surface area contributed by atoms with Gasteiger partial charge in [-0.05, 0) is 38.0 Å². The summed E-state index contributed by atoms with van der Waals surface area (Å²) >= 11 is 0. The van der Waals surface area contributed by atoms with E-state index >= 15 is 0 Å². The zero-order valence-electron chi connectivity index (χ0n) is 14.4. The maximum absolute atomic E-state index is 12.0. The molecular formula is C17H25ClN2O4. The number of fused-ring (bicyclic) bond motifs is 1. The smallest absolute Gasteiger partial charge is 0.246 e. The number of nitrogens with one attached hydrogen (secondary N) is 2. The first-order chi connectivity index (χ1) is 10.9. The maximum atomic E-state index is 12.0. The summed E-state index contributed by atoms with van der Waals surface area (Å²) in [6, 6.07) is 3.83. The molecule has 3 N–H and O–H groups in total. The van der Waals surface area contributed by atoms with Crippen LogP contribution < -0.4 is 20.1 Å². The molecule has 134 valence electrons. The fourth-order valence-corrected chi connectivity index (χ4v) is 2.75. The second kappa shape index (κ2) is 8.26. The molecule has 0 saturated carbocycles. The van der Waals surface area contributed by atoms with Gasteiger partial charge in [0.05, 0.1) is 20.8 Å². The molecule has 1 aliphatic rings. The number of hydrogen-bond acceptors (Lipinski definition) is 5. The third-order valence-corrected chi connectivity index (χ3v) is 3.69. The van der Waals surface area contributed by atoms with E-state index < -0.39 is 0 Å². The summed E-state index contributed by atoms with van der Waals surface area (Å²) in [7, 11) is 3.19. The first-order valence-corrected chi connectivity index (χ1v) is 7.54. The van der Waals surface area contributed by atoms with E-state index in [2.05, 4.69) is 24.5 Å². The van der Waals surface area contributed by atoms with Crippen molar-refractivity contribution in [3.8, 4) is 11.5 Å². The van der Waals surface area contributed by atoms with E-state index in [-0.39, 0.29) is 37.0 Å². The molecule has 6 nitrogen and oxygen atoms in total. The minimum absolute atomic E-state index is 0.